The molecule has 1 aromatic carbocycles. The molecule has 2 aromatic rings. The monoisotopic (exact) mass is 495 g/mol. The predicted molar refractivity (Wildman–Crippen MR) is 128 cm³/mol. The van der Waals surface area contributed by atoms with E-state index in [1.54, 1.807) is 6.07 Å². The maximum atomic E-state index is 14.2. The highest BCUT2D eigenvalue weighted by Gasteiger charge is 2.33. The Morgan fingerprint density at radius 3 is 2.49 bits per heavy atom. The number of piperazine rings is 1. The zero-order chi connectivity index (χ0) is 25.2. The standard InChI is InChI=1S/C25H33F4N5O/c1-17-3-4-19(22(26)11-17)15-32-7-5-21(6-8-32)34-10-9-33(14-18(34)2)24-23(35)12-20(13-30-24)31-16-25(27,28)29/h3-4,11-13,18,21,31,35H,5-10,14-16H2,1-2H3. The first-order valence-electron chi connectivity index (χ1n) is 12.1. The fourth-order valence-corrected chi connectivity index (χ4v) is 5.13. The molecule has 2 saturated heterocycles. The van der Waals surface area contributed by atoms with Gasteiger partial charge in [0.15, 0.2) is 11.6 Å². The summed E-state index contributed by atoms with van der Waals surface area (Å²) in [6.45, 7) is 7.48. The molecule has 0 aliphatic carbocycles. The third-order valence-corrected chi connectivity index (χ3v) is 6.95. The van der Waals surface area contributed by atoms with Gasteiger partial charge in [-0.3, -0.25) is 9.80 Å². The van der Waals surface area contributed by atoms with Crippen molar-refractivity contribution < 1.29 is 22.7 Å². The van der Waals surface area contributed by atoms with E-state index >= 15 is 0 Å². The van der Waals surface area contributed by atoms with Crippen LogP contribution in [0.2, 0.25) is 0 Å². The highest BCUT2D eigenvalue weighted by atomic mass is 19.4. The lowest BCUT2D eigenvalue weighted by molar-refractivity contribution is -0.115. The van der Waals surface area contributed by atoms with Crippen LogP contribution in [0.3, 0.4) is 0 Å². The molecular formula is C25H33F4N5O. The number of nitrogens with one attached hydrogen (secondary N) is 1. The van der Waals surface area contributed by atoms with Crippen molar-refractivity contribution in [2.45, 2.75) is 51.5 Å². The molecule has 1 atom stereocenters. The molecule has 2 N–H and O–H groups in total. The highest BCUT2D eigenvalue weighted by molar-refractivity contribution is 5.59. The maximum absolute atomic E-state index is 14.2. The number of alkyl halides is 3. The van der Waals surface area contributed by atoms with Gasteiger partial charge in [-0.15, -0.1) is 0 Å². The molecule has 0 amide bonds. The van der Waals surface area contributed by atoms with Crippen LogP contribution in [0.15, 0.2) is 30.5 Å². The van der Waals surface area contributed by atoms with Crippen molar-refractivity contribution in [1.82, 2.24) is 14.8 Å². The first kappa shape index (κ1) is 25.5. The summed E-state index contributed by atoms with van der Waals surface area (Å²) in [6, 6.07) is 7.38. The summed E-state index contributed by atoms with van der Waals surface area (Å²) in [5, 5.41) is 12.6. The first-order chi connectivity index (χ1) is 16.6. The lowest BCUT2D eigenvalue weighted by Gasteiger charge is -2.46. The summed E-state index contributed by atoms with van der Waals surface area (Å²) in [4.78, 5) is 11.0. The highest BCUT2D eigenvalue weighted by Crippen LogP contribution is 2.31. The summed E-state index contributed by atoms with van der Waals surface area (Å²) < 4.78 is 51.5. The molecule has 1 unspecified atom stereocenters. The molecule has 4 rings (SSSR count). The molecule has 35 heavy (non-hydrogen) atoms. The van der Waals surface area contributed by atoms with E-state index in [2.05, 4.69) is 27.0 Å². The van der Waals surface area contributed by atoms with Gasteiger partial charge >= 0.3 is 6.18 Å². The molecule has 192 valence electrons. The molecule has 3 heterocycles. The Morgan fingerprint density at radius 1 is 1.11 bits per heavy atom. The minimum absolute atomic E-state index is 0.130. The van der Waals surface area contributed by atoms with Gasteiger partial charge < -0.3 is 15.3 Å². The van der Waals surface area contributed by atoms with Gasteiger partial charge in [0.2, 0.25) is 0 Å². The molecule has 0 radical (unpaired) electrons. The number of rotatable bonds is 6. The molecule has 0 spiro atoms. The molecular weight excluding hydrogens is 462 g/mol. The van der Waals surface area contributed by atoms with E-state index in [1.807, 2.05) is 24.0 Å². The molecule has 0 saturated carbocycles. The van der Waals surface area contributed by atoms with Crippen LogP contribution in [-0.4, -0.2) is 77.4 Å². The molecule has 10 heteroatoms. The van der Waals surface area contributed by atoms with Crippen LogP contribution in [0.4, 0.5) is 29.1 Å². The molecule has 6 nitrogen and oxygen atoms in total. The van der Waals surface area contributed by atoms with Crippen molar-refractivity contribution in [3.63, 3.8) is 0 Å². The Bertz CT molecular complexity index is 1010. The number of aromatic nitrogens is 1. The number of aryl methyl sites for hydroxylation is 1. The Kier molecular flexibility index (Phi) is 7.70. The van der Waals surface area contributed by atoms with Gasteiger partial charge in [0.05, 0.1) is 11.9 Å². The fourth-order valence-electron chi connectivity index (χ4n) is 5.13. The Morgan fingerprint density at radius 2 is 1.86 bits per heavy atom. The Balaban J connectivity index is 1.28. The van der Waals surface area contributed by atoms with Gasteiger partial charge in [-0.25, -0.2) is 9.37 Å². The van der Waals surface area contributed by atoms with Crippen LogP contribution < -0.4 is 10.2 Å². The minimum atomic E-state index is -4.34. The second-order valence-electron chi connectivity index (χ2n) is 9.67. The van der Waals surface area contributed by atoms with E-state index < -0.39 is 12.7 Å². The smallest absolute Gasteiger partial charge is 0.405 e. The third-order valence-electron chi connectivity index (χ3n) is 6.95. The van der Waals surface area contributed by atoms with Crippen molar-refractivity contribution in [3.8, 4) is 5.75 Å². The number of benzene rings is 1. The number of hydrogen-bond acceptors (Lipinski definition) is 6. The van der Waals surface area contributed by atoms with E-state index in [1.165, 1.54) is 12.3 Å². The Hall–Kier alpha value is -2.59. The number of pyridine rings is 1. The van der Waals surface area contributed by atoms with Crippen molar-refractivity contribution in [1.29, 1.82) is 0 Å². The van der Waals surface area contributed by atoms with Gasteiger partial charge in [-0.05, 0) is 51.4 Å². The summed E-state index contributed by atoms with van der Waals surface area (Å²) >= 11 is 0. The van der Waals surface area contributed by atoms with Crippen molar-refractivity contribution in [2.75, 3.05) is 49.5 Å². The average Bonchev–Trinajstić information content (AvgIpc) is 2.80. The zero-order valence-electron chi connectivity index (χ0n) is 20.2. The van der Waals surface area contributed by atoms with Crippen LogP contribution >= 0.6 is 0 Å². The second-order valence-corrected chi connectivity index (χ2v) is 9.67. The summed E-state index contributed by atoms with van der Waals surface area (Å²) in [5.74, 6) is 0.122. The van der Waals surface area contributed by atoms with Gasteiger partial charge in [0, 0.05) is 49.9 Å². The normalized spacial score (nSPS) is 20.9. The number of halogens is 4. The summed E-state index contributed by atoms with van der Waals surface area (Å²) in [5.41, 5.74) is 1.80. The van der Waals surface area contributed by atoms with E-state index in [-0.39, 0.29) is 23.3 Å². The van der Waals surface area contributed by atoms with E-state index in [9.17, 15) is 22.7 Å². The molecule has 2 fully saturated rings. The summed E-state index contributed by atoms with van der Waals surface area (Å²) in [7, 11) is 0. The number of anilines is 2. The molecule has 1 aromatic heterocycles. The zero-order valence-corrected chi connectivity index (χ0v) is 20.2. The van der Waals surface area contributed by atoms with Crippen molar-refractivity contribution in [3.05, 3.63) is 47.4 Å². The lowest BCUT2D eigenvalue weighted by Crippen LogP contribution is -2.57. The largest absolute Gasteiger partial charge is 0.504 e. The van der Waals surface area contributed by atoms with Crippen molar-refractivity contribution in [2.24, 2.45) is 0 Å². The number of aromatic hydroxyl groups is 1. The quantitative estimate of drug-likeness (QED) is 0.580. The predicted octanol–water partition coefficient (Wildman–Crippen LogP) is 4.38. The van der Waals surface area contributed by atoms with Gasteiger partial charge in [0.1, 0.15) is 12.4 Å². The van der Waals surface area contributed by atoms with Crippen LogP contribution in [0, 0.1) is 12.7 Å². The van der Waals surface area contributed by atoms with E-state index in [0.717, 1.165) is 43.6 Å². The first-order valence-corrected chi connectivity index (χ1v) is 12.1. The van der Waals surface area contributed by atoms with E-state index in [0.29, 0.717) is 31.5 Å². The lowest BCUT2D eigenvalue weighted by atomic mass is 9.99. The second kappa shape index (κ2) is 10.6. The number of piperidine rings is 1. The summed E-state index contributed by atoms with van der Waals surface area (Å²) in [6.07, 6.45) is -0.987. The van der Waals surface area contributed by atoms with E-state index in [4.69, 9.17) is 0 Å². The SMILES string of the molecule is Cc1ccc(CN2CCC(N3CCN(c4ncc(NCC(F)(F)F)cc4O)CC3C)CC2)c(F)c1. The minimum Gasteiger partial charge on any atom is -0.504 e. The maximum Gasteiger partial charge on any atom is 0.405 e. The topological polar surface area (TPSA) is 54.9 Å². The Labute approximate surface area is 203 Å². The van der Waals surface area contributed by atoms with Crippen LogP contribution in [0.25, 0.3) is 0 Å². The van der Waals surface area contributed by atoms with Gasteiger partial charge in [-0.2, -0.15) is 13.2 Å². The number of likely N-dealkylation sites (tertiary alicyclic amines) is 1. The van der Waals surface area contributed by atoms with Crippen LogP contribution in [0.1, 0.15) is 30.9 Å². The average molecular weight is 496 g/mol. The number of hydrogen-bond donors (Lipinski definition) is 2. The van der Waals surface area contributed by atoms with Crippen LogP contribution in [-0.2, 0) is 6.54 Å². The van der Waals surface area contributed by atoms with Gasteiger partial charge in [-0.1, -0.05) is 12.1 Å². The third kappa shape index (κ3) is 6.55. The molecule has 2 aliphatic rings. The fraction of sp³-hybridized carbons (Fsp3) is 0.560. The van der Waals surface area contributed by atoms with Crippen LogP contribution in [0.5, 0.6) is 5.75 Å². The number of nitrogens with zero attached hydrogens (tertiary/aromatic N) is 4. The molecule has 2 aliphatic heterocycles. The molecule has 0 bridgehead atoms. The van der Waals surface area contributed by atoms with Gasteiger partial charge in [0.25, 0.3) is 0 Å². The van der Waals surface area contributed by atoms with Crippen molar-refractivity contribution >= 4 is 11.5 Å².